The molecule has 4 nitrogen and oxygen atoms in total. The van der Waals surface area contributed by atoms with Crippen LogP contribution in [0.2, 0.25) is 0 Å². The molecule has 0 fully saturated rings. The Kier molecular flexibility index (Phi) is 7.03. The van der Waals surface area contributed by atoms with Crippen molar-refractivity contribution < 1.29 is 13.7 Å². The summed E-state index contributed by atoms with van der Waals surface area (Å²) in [5.74, 6) is -0.307. The number of hydrogen-bond acceptors (Lipinski definition) is 2. The molecule has 5 heteroatoms. The normalized spacial score (nSPS) is 11.1. The molecule has 0 aliphatic carbocycles. The molecular formula is C7H15NO3Si. The second-order valence-corrected chi connectivity index (χ2v) is 3.08. The first-order valence-corrected chi connectivity index (χ1v) is 4.73. The van der Waals surface area contributed by atoms with Gasteiger partial charge in [-0.25, -0.2) is 0 Å². The number of methoxy groups -OCH3 is 2. The third-order valence-corrected chi connectivity index (χ3v) is 2.15. The molecule has 0 N–H and O–H groups in total. The number of nitrogens with zero attached hydrogens (tertiary/aromatic N) is 1. The van der Waals surface area contributed by atoms with Gasteiger partial charge in [0.1, 0.15) is 12.0 Å². The Labute approximate surface area is 75.8 Å². The van der Waals surface area contributed by atoms with Crippen LogP contribution in [0.5, 0.6) is 0 Å². The fourth-order valence-corrected chi connectivity index (χ4v) is 0.891. The highest BCUT2D eigenvalue weighted by Gasteiger charge is 2.00. The SMILES string of the molecule is CC[C+](C)[N-][O+]=[Si-]C(OC)OC. The molecule has 12 heavy (non-hydrogen) atoms. The zero-order valence-electron chi connectivity index (χ0n) is 7.96. The third kappa shape index (κ3) is 5.28. The zero-order chi connectivity index (χ0) is 9.40. The van der Waals surface area contributed by atoms with E-state index in [1.807, 2.05) is 13.8 Å². The van der Waals surface area contributed by atoms with E-state index < -0.39 is 0 Å². The average Bonchev–Trinajstić information content (AvgIpc) is 2.12. The molecule has 70 valence electrons. The van der Waals surface area contributed by atoms with Gasteiger partial charge in [0.15, 0.2) is 9.41 Å². The lowest BCUT2D eigenvalue weighted by atomic mass is 10.3. The lowest BCUT2D eigenvalue weighted by Crippen LogP contribution is -2.16. The van der Waals surface area contributed by atoms with E-state index in [-0.39, 0.29) is 15.3 Å². The molecule has 0 unspecified atom stereocenters. The maximum Gasteiger partial charge on any atom is 0.199 e. The summed E-state index contributed by atoms with van der Waals surface area (Å²) in [7, 11) is 3.23. The molecule has 0 spiro atoms. The van der Waals surface area contributed by atoms with Crippen molar-refractivity contribution in [3.63, 3.8) is 0 Å². The Balaban J connectivity index is 3.58. The van der Waals surface area contributed by atoms with Gasteiger partial charge in [-0.3, -0.25) is 0 Å². The maximum atomic E-state index is 5.00. The molecule has 0 bridgehead atoms. The molecule has 0 aromatic rings. The maximum absolute atomic E-state index is 5.00. The highest BCUT2D eigenvalue weighted by Crippen LogP contribution is 2.09. The van der Waals surface area contributed by atoms with Gasteiger partial charge in [0.05, 0.1) is 13.3 Å². The first-order valence-electron chi connectivity index (χ1n) is 3.75. The van der Waals surface area contributed by atoms with Gasteiger partial charge < -0.3 is 13.7 Å². The van der Waals surface area contributed by atoms with Crippen LogP contribution in [-0.4, -0.2) is 29.5 Å². The fraction of sp³-hybridized carbons (Fsp3) is 0.857. The summed E-state index contributed by atoms with van der Waals surface area (Å²) in [5.41, 5.74) is 3.85. The molecule has 0 rings (SSSR count). The van der Waals surface area contributed by atoms with Gasteiger partial charge in [-0.2, -0.15) is 5.48 Å². The Bertz CT molecular complexity index is 128. The van der Waals surface area contributed by atoms with Crippen molar-refractivity contribution in [2.45, 2.75) is 26.2 Å². The highest BCUT2D eigenvalue weighted by molar-refractivity contribution is 6.18. The molecule has 0 radical (unpaired) electrons. The van der Waals surface area contributed by atoms with E-state index in [2.05, 4.69) is 5.48 Å². The molecule has 0 saturated carbocycles. The van der Waals surface area contributed by atoms with Crippen LogP contribution in [0, 0.1) is 6.04 Å². The van der Waals surface area contributed by atoms with E-state index >= 15 is 0 Å². The molecule has 0 aliphatic rings. The van der Waals surface area contributed by atoms with E-state index in [0.29, 0.717) is 0 Å². The minimum Gasteiger partial charge on any atom is -0.541 e. The van der Waals surface area contributed by atoms with Crippen molar-refractivity contribution in [3.8, 4) is 0 Å². The second kappa shape index (κ2) is 7.27. The first-order chi connectivity index (χ1) is 5.74. The summed E-state index contributed by atoms with van der Waals surface area (Å²) in [6.45, 7) is 3.94. The summed E-state index contributed by atoms with van der Waals surface area (Å²) in [4.78, 5) is 0. The van der Waals surface area contributed by atoms with Crippen molar-refractivity contribution in [3.05, 3.63) is 11.5 Å². The van der Waals surface area contributed by atoms with Crippen molar-refractivity contribution in [2.75, 3.05) is 14.2 Å². The van der Waals surface area contributed by atoms with E-state index in [4.69, 9.17) is 13.7 Å². The van der Waals surface area contributed by atoms with Crippen molar-refractivity contribution >= 4 is 9.41 Å². The van der Waals surface area contributed by atoms with E-state index in [1.165, 1.54) is 0 Å². The van der Waals surface area contributed by atoms with Crippen LogP contribution in [0.4, 0.5) is 0 Å². The molecule has 0 atom stereocenters. The fourth-order valence-electron chi connectivity index (χ4n) is 0.404. The Hall–Kier alpha value is -0.393. The number of rotatable bonds is 6. The molecule has 0 aromatic heterocycles. The summed E-state index contributed by atoms with van der Waals surface area (Å²) in [5, 5.41) is 0. The van der Waals surface area contributed by atoms with Crippen LogP contribution in [0.15, 0.2) is 0 Å². The molecule has 0 aromatic carbocycles. The molecule has 0 saturated heterocycles. The predicted molar refractivity (Wildman–Crippen MR) is 46.8 cm³/mol. The Morgan fingerprint density at radius 1 is 1.50 bits per heavy atom. The van der Waals surface area contributed by atoms with Gasteiger partial charge in [0.25, 0.3) is 0 Å². The predicted octanol–water partition coefficient (Wildman–Crippen LogP) is 1.40. The lowest BCUT2D eigenvalue weighted by molar-refractivity contribution is -0.0509. The third-order valence-electron chi connectivity index (χ3n) is 1.29. The van der Waals surface area contributed by atoms with Crippen LogP contribution in [-0.2, 0) is 13.7 Å². The average molecular weight is 189 g/mol. The summed E-state index contributed by atoms with van der Waals surface area (Å²) >= 11 is 0. The van der Waals surface area contributed by atoms with E-state index in [1.54, 1.807) is 14.2 Å². The minimum absolute atomic E-state index is 0.0872. The quantitative estimate of drug-likeness (QED) is 0.208. The zero-order valence-corrected chi connectivity index (χ0v) is 8.96. The number of hydrogen-bond donors (Lipinski definition) is 0. The lowest BCUT2D eigenvalue weighted by Gasteiger charge is -2.11. The molecular weight excluding hydrogens is 174 g/mol. The second-order valence-electron chi connectivity index (χ2n) is 2.19. The van der Waals surface area contributed by atoms with Gasteiger partial charge in [-0.15, -0.1) is 0 Å². The standard InChI is InChI=1S/C7H15NO3Si/c1-5-6(2)8-11-12-7(9-3)10-4/h7H,5H2,1-4H3. The van der Waals surface area contributed by atoms with Crippen molar-refractivity contribution in [2.24, 2.45) is 0 Å². The van der Waals surface area contributed by atoms with Gasteiger partial charge >= 0.3 is 0 Å². The van der Waals surface area contributed by atoms with Crippen molar-refractivity contribution in [1.82, 2.24) is 0 Å². The van der Waals surface area contributed by atoms with Gasteiger partial charge in [-0.1, -0.05) is 0 Å². The van der Waals surface area contributed by atoms with Crippen LogP contribution >= 0.6 is 0 Å². The Morgan fingerprint density at radius 3 is 2.50 bits per heavy atom. The van der Waals surface area contributed by atoms with Crippen LogP contribution in [0.25, 0.3) is 5.48 Å². The molecule has 0 amide bonds. The van der Waals surface area contributed by atoms with E-state index in [0.717, 1.165) is 12.5 Å². The van der Waals surface area contributed by atoms with Crippen LogP contribution < -0.4 is 0 Å². The topological polar surface area (TPSA) is 43.9 Å². The minimum atomic E-state index is -0.307. The summed E-state index contributed by atoms with van der Waals surface area (Å²) in [6, 6.07) is 0.966. The number of hydroxylamine groups is 1. The van der Waals surface area contributed by atoms with Gasteiger partial charge in [0.2, 0.25) is 0 Å². The largest absolute Gasteiger partial charge is 0.541 e. The Morgan fingerprint density at radius 2 is 2.08 bits per heavy atom. The summed E-state index contributed by atoms with van der Waals surface area (Å²) in [6.07, 6.45) is 0.898. The molecule has 0 aliphatic heterocycles. The highest BCUT2D eigenvalue weighted by atomic mass is 28.2. The summed E-state index contributed by atoms with van der Waals surface area (Å²) < 4.78 is 14.8. The van der Waals surface area contributed by atoms with Gasteiger partial charge in [0, 0.05) is 14.2 Å². The first kappa shape index (κ1) is 11.6. The monoisotopic (exact) mass is 189 g/mol. The number of ether oxygens (including phenoxy) is 2. The van der Waals surface area contributed by atoms with Gasteiger partial charge in [-0.05, 0) is 6.92 Å². The van der Waals surface area contributed by atoms with Crippen LogP contribution in [0.3, 0.4) is 0 Å². The van der Waals surface area contributed by atoms with E-state index in [9.17, 15) is 0 Å². The molecule has 0 heterocycles. The smallest absolute Gasteiger partial charge is 0.199 e. The van der Waals surface area contributed by atoms with Crippen molar-refractivity contribution in [1.29, 1.82) is 0 Å². The van der Waals surface area contributed by atoms with Crippen LogP contribution in [0.1, 0.15) is 20.3 Å².